The third-order valence-electron chi connectivity index (χ3n) is 3.95. The van der Waals surface area contributed by atoms with E-state index in [0.717, 1.165) is 41.9 Å². The summed E-state index contributed by atoms with van der Waals surface area (Å²) in [7, 11) is 1.39. The first-order chi connectivity index (χ1) is 9.09. The van der Waals surface area contributed by atoms with Crippen molar-refractivity contribution >= 4 is 23.6 Å². The fraction of sp³-hybridized carbons (Fsp3) is 0.714. The molecule has 5 heteroatoms. The van der Waals surface area contributed by atoms with E-state index in [0.29, 0.717) is 12.8 Å². The van der Waals surface area contributed by atoms with Crippen LogP contribution in [0.3, 0.4) is 0 Å². The number of carbonyl (C=O) groups is 2. The molecule has 0 spiro atoms. The Morgan fingerprint density at radius 1 is 1.26 bits per heavy atom. The molecular formula is C14H21NO3S. The van der Waals surface area contributed by atoms with Crippen LogP contribution in [-0.4, -0.2) is 30.3 Å². The average Bonchev–Trinajstić information content (AvgIpc) is 2.85. The lowest BCUT2D eigenvalue weighted by molar-refractivity contribution is -0.152. The van der Waals surface area contributed by atoms with Crippen LogP contribution in [0.1, 0.15) is 45.4 Å². The molecule has 0 aromatic carbocycles. The molecule has 1 heterocycles. The summed E-state index contributed by atoms with van der Waals surface area (Å²) >= 11 is 1.58. The van der Waals surface area contributed by atoms with Gasteiger partial charge in [-0.05, 0) is 26.2 Å². The Hall–Kier alpha value is -0.970. The molecule has 0 aromatic rings. The van der Waals surface area contributed by atoms with Gasteiger partial charge in [0.1, 0.15) is 5.54 Å². The maximum absolute atomic E-state index is 12.4. The number of amides is 1. The number of rotatable bonds is 3. The number of allylic oxidation sites excluding steroid dienone is 1. The number of thioether (sulfide) groups is 1. The molecular weight excluding hydrogens is 262 g/mol. The van der Waals surface area contributed by atoms with E-state index in [2.05, 4.69) is 5.32 Å². The lowest BCUT2D eigenvalue weighted by Gasteiger charge is -2.35. The molecule has 4 nitrogen and oxygen atoms in total. The minimum atomic E-state index is -0.805. The van der Waals surface area contributed by atoms with Gasteiger partial charge in [0.15, 0.2) is 0 Å². The number of carbonyl (C=O) groups excluding carboxylic acids is 2. The molecule has 2 aliphatic rings. The van der Waals surface area contributed by atoms with Crippen LogP contribution in [0.15, 0.2) is 10.5 Å². The van der Waals surface area contributed by atoms with Crippen molar-refractivity contribution in [1.29, 1.82) is 0 Å². The summed E-state index contributed by atoms with van der Waals surface area (Å²) in [4.78, 5) is 25.2. The number of methoxy groups -OCH3 is 1. The minimum Gasteiger partial charge on any atom is -0.467 e. The van der Waals surface area contributed by atoms with Crippen LogP contribution < -0.4 is 5.32 Å². The Labute approximate surface area is 118 Å². The fourth-order valence-electron chi connectivity index (χ4n) is 2.81. The second-order valence-electron chi connectivity index (χ2n) is 5.30. The topological polar surface area (TPSA) is 55.4 Å². The van der Waals surface area contributed by atoms with E-state index in [1.807, 2.05) is 6.92 Å². The fourth-order valence-corrected chi connectivity index (χ4v) is 3.95. The molecule has 1 aliphatic heterocycles. The standard InChI is InChI=1S/C14H21NO3S/c1-10-6-9-19-11(10)12(16)15-14(13(17)18-2)7-4-3-5-8-14/h3-9H2,1-2H3,(H,15,16). The van der Waals surface area contributed by atoms with Gasteiger partial charge in [0.2, 0.25) is 0 Å². The summed E-state index contributed by atoms with van der Waals surface area (Å²) in [5.74, 6) is 0.550. The van der Waals surface area contributed by atoms with E-state index >= 15 is 0 Å². The lowest BCUT2D eigenvalue weighted by atomic mass is 9.81. The highest BCUT2D eigenvalue weighted by atomic mass is 32.2. The molecule has 106 valence electrons. The average molecular weight is 283 g/mol. The van der Waals surface area contributed by atoms with Crippen LogP contribution in [-0.2, 0) is 14.3 Å². The maximum Gasteiger partial charge on any atom is 0.331 e. The summed E-state index contributed by atoms with van der Waals surface area (Å²) in [6.07, 6.45) is 5.36. The van der Waals surface area contributed by atoms with Gasteiger partial charge in [0.05, 0.1) is 12.0 Å². The first-order valence-corrected chi connectivity index (χ1v) is 7.81. The number of hydrogen-bond acceptors (Lipinski definition) is 4. The molecule has 2 rings (SSSR count). The van der Waals surface area contributed by atoms with Crippen molar-refractivity contribution in [3.63, 3.8) is 0 Å². The van der Waals surface area contributed by atoms with E-state index in [-0.39, 0.29) is 11.9 Å². The molecule has 1 aliphatic carbocycles. The monoisotopic (exact) mass is 283 g/mol. The zero-order valence-electron chi connectivity index (χ0n) is 11.6. The van der Waals surface area contributed by atoms with Gasteiger partial charge in [-0.3, -0.25) is 4.79 Å². The van der Waals surface area contributed by atoms with Gasteiger partial charge in [-0.2, -0.15) is 0 Å². The van der Waals surface area contributed by atoms with Gasteiger partial charge in [0, 0.05) is 5.75 Å². The van der Waals surface area contributed by atoms with Crippen molar-refractivity contribution in [1.82, 2.24) is 5.32 Å². The Bertz CT molecular complexity index is 411. The summed E-state index contributed by atoms with van der Waals surface area (Å²) in [5.41, 5.74) is 0.318. The summed E-state index contributed by atoms with van der Waals surface area (Å²) in [6.45, 7) is 1.99. The van der Waals surface area contributed by atoms with Crippen LogP contribution in [0.4, 0.5) is 0 Å². The van der Waals surface area contributed by atoms with E-state index in [9.17, 15) is 9.59 Å². The summed E-state index contributed by atoms with van der Waals surface area (Å²) in [5, 5.41) is 2.96. The normalized spacial score (nSPS) is 22.2. The van der Waals surface area contributed by atoms with Gasteiger partial charge in [-0.15, -0.1) is 11.8 Å². The second kappa shape index (κ2) is 5.99. The van der Waals surface area contributed by atoms with Gasteiger partial charge in [-0.25, -0.2) is 4.79 Å². The molecule has 0 bridgehead atoms. The van der Waals surface area contributed by atoms with Gasteiger partial charge in [0.25, 0.3) is 5.91 Å². The van der Waals surface area contributed by atoms with Crippen molar-refractivity contribution < 1.29 is 14.3 Å². The molecule has 1 amide bonds. The summed E-state index contributed by atoms with van der Waals surface area (Å²) < 4.78 is 4.91. The Morgan fingerprint density at radius 2 is 1.95 bits per heavy atom. The van der Waals surface area contributed by atoms with Crippen LogP contribution in [0.2, 0.25) is 0 Å². The Balaban J connectivity index is 2.14. The molecule has 0 unspecified atom stereocenters. The van der Waals surface area contributed by atoms with Crippen LogP contribution >= 0.6 is 11.8 Å². The molecule has 1 N–H and O–H groups in total. The second-order valence-corrected chi connectivity index (χ2v) is 6.40. The maximum atomic E-state index is 12.4. The Kier molecular flexibility index (Phi) is 4.55. The third-order valence-corrected chi connectivity index (χ3v) is 5.18. The molecule has 19 heavy (non-hydrogen) atoms. The number of ether oxygens (including phenoxy) is 1. The predicted molar refractivity (Wildman–Crippen MR) is 75.7 cm³/mol. The SMILES string of the molecule is COC(=O)C1(NC(=O)C2=C(C)CCS2)CCCCC1. The highest BCUT2D eigenvalue weighted by molar-refractivity contribution is 8.04. The first-order valence-electron chi connectivity index (χ1n) is 6.82. The zero-order chi connectivity index (χ0) is 13.9. The summed E-state index contributed by atoms with van der Waals surface area (Å²) in [6, 6.07) is 0. The molecule has 0 aromatic heterocycles. The molecule has 0 radical (unpaired) electrons. The van der Waals surface area contributed by atoms with E-state index in [4.69, 9.17) is 4.74 Å². The van der Waals surface area contributed by atoms with Crippen molar-refractivity contribution in [2.24, 2.45) is 0 Å². The largest absolute Gasteiger partial charge is 0.467 e. The third kappa shape index (κ3) is 2.96. The van der Waals surface area contributed by atoms with Crippen LogP contribution in [0.25, 0.3) is 0 Å². The quantitative estimate of drug-likeness (QED) is 0.808. The van der Waals surface area contributed by atoms with E-state index < -0.39 is 5.54 Å². The molecule has 1 fully saturated rings. The van der Waals surface area contributed by atoms with Crippen molar-refractivity contribution in [3.8, 4) is 0 Å². The van der Waals surface area contributed by atoms with Crippen molar-refractivity contribution in [2.45, 2.75) is 51.0 Å². The zero-order valence-corrected chi connectivity index (χ0v) is 12.4. The number of esters is 1. The number of hydrogen-bond donors (Lipinski definition) is 1. The van der Waals surface area contributed by atoms with Crippen LogP contribution in [0, 0.1) is 0 Å². The first kappa shape index (κ1) is 14.4. The highest BCUT2D eigenvalue weighted by Crippen LogP contribution is 2.34. The van der Waals surface area contributed by atoms with Gasteiger partial charge < -0.3 is 10.1 Å². The van der Waals surface area contributed by atoms with Gasteiger partial charge in [-0.1, -0.05) is 24.8 Å². The predicted octanol–water partition coefficient (Wildman–Crippen LogP) is 2.39. The van der Waals surface area contributed by atoms with E-state index in [1.54, 1.807) is 11.8 Å². The van der Waals surface area contributed by atoms with Crippen molar-refractivity contribution in [2.75, 3.05) is 12.9 Å². The van der Waals surface area contributed by atoms with Crippen LogP contribution in [0.5, 0.6) is 0 Å². The molecule has 0 saturated heterocycles. The lowest BCUT2D eigenvalue weighted by Crippen LogP contribution is -2.56. The smallest absolute Gasteiger partial charge is 0.331 e. The molecule has 0 atom stereocenters. The number of nitrogens with one attached hydrogen (secondary N) is 1. The van der Waals surface area contributed by atoms with E-state index in [1.165, 1.54) is 7.11 Å². The Morgan fingerprint density at radius 3 is 2.47 bits per heavy atom. The van der Waals surface area contributed by atoms with Gasteiger partial charge >= 0.3 is 5.97 Å². The van der Waals surface area contributed by atoms with Crippen molar-refractivity contribution in [3.05, 3.63) is 10.5 Å². The highest BCUT2D eigenvalue weighted by Gasteiger charge is 2.42. The molecule has 1 saturated carbocycles. The minimum absolute atomic E-state index is 0.104.